The zero-order valence-electron chi connectivity index (χ0n) is 9.00. The van der Waals surface area contributed by atoms with Gasteiger partial charge in [0.25, 0.3) is 0 Å². The van der Waals surface area contributed by atoms with Gasteiger partial charge in [0.15, 0.2) is 0 Å². The van der Waals surface area contributed by atoms with Crippen LogP contribution in [0.15, 0.2) is 18.2 Å². The summed E-state index contributed by atoms with van der Waals surface area (Å²) < 4.78 is 18.2. The Labute approximate surface area is 92.9 Å². The molecule has 0 aromatic heterocycles. The zero-order chi connectivity index (χ0) is 11.8. The third-order valence-electron chi connectivity index (χ3n) is 3.08. The first kappa shape index (κ1) is 10.9. The van der Waals surface area contributed by atoms with Crippen LogP contribution < -0.4 is 4.74 Å². The van der Waals surface area contributed by atoms with E-state index in [1.807, 2.05) is 0 Å². The molecule has 1 aromatic rings. The molecule has 0 amide bonds. The molecule has 0 heterocycles. The van der Waals surface area contributed by atoms with Crippen molar-refractivity contribution in [3.63, 3.8) is 0 Å². The molecular formula is C12H13FO3. The van der Waals surface area contributed by atoms with E-state index in [1.54, 1.807) is 0 Å². The summed E-state index contributed by atoms with van der Waals surface area (Å²) in [6, 6.07) is 4.19. The number of benzene rings is 1. The highest BCUT2D eigenvalue weighted by molar-refractivity contribution is 5.78. The molecule has 2 rings (SSSR count). The Balaban J connectivity index is 2.27. The van der Waals surface area contributed by atoms with Crippen LogP contribution >= 0.6 is 0 Å². The van der Waals surface area contributed by atoms with E-state index in [1.165, 1.54) is 25.3 Å². The fourth-order valence-electron chi connectivity index (χ4n) is 1.87. The van der Waals surface area contributed by atoms with E-state index < -0.39 is 11.4 Å². The number of carbonyl (C=O) groups is 1. The Morgan fingerprint density at radius 3 is 2.75 bits per heavy atom. The molecule has 0 unspecified atom stereocenters. The maximum absolute atomic E-state index is 13.1. The van der Waals surface area contributed by atoms with Gasteiger partial charge in [-0.25, -0.2) is 4.39 Å². The first-order valence-corrected chi connectivity index (χ1v) is 5.13. The van der Waals surface area contributed by atoms with Gasteiger partial charge in [0, 0.05) is 0 Å². The number of ether oxygens (including phenoxy) is 1. The Morgan fingerprint density at radius 2 is 2.25 bits per heavy atom. The highest BCUT2D eigenvalue weighted by Crippen LogP contribution is 2.49. The minimum atomic E-state index is -0.807. The first-order chi connectivity index (χ1) is 7.57. The molecule has 16 heavy (non-hydrogen) atoms. The molecule has 1 aromatic carbocycles. The summed E-state index contributed by atoms with van der Waals surface area (Å²) in [4.78, 5) is 11.0. The van der Waals surface area contributed by atoms with Crippen molar-refractivity contribution in [1.82, 2.24) is 0 Å². The van der Waals surface area contributed by atoms with Crippen LogP contribution in [-0.4, -0.2) is 18.2 Å². The summed E-state index contributed by atoms with van der Waals surface area (Å²) in [5.74, 6) is -0.621. The van der Waals surface area contributed by atoms with Crippen molar-refractivity contribution >= 4 is 5.97 Å². The van der Waals surface area contributed by atoms with Gasteiger partial charge in [-0.3, -0.25) is 4.79 Å². The highest BCUT2D eigenvalue weighted by Gasteiger charge is 2.50. The standard InChI is InChI=1S/C12H13FO3/c1-16-10-3-2-9(13)6-8(10)7-12(4-5-12)11(14)15/h2-3,6H,4-5,7H2,1H3,(H,14,15). The third-order valence-corrected chi connectivity index (χ3v) is 3.08. The lowest BCUT2D eigenvalue weighted by Gasteiger charge is -2.13. The molecule has 0 spiro atoms. The normalized spacial score (nSPS) is 16.9. The van der Waals surface area contributed by atoms with E-state index in [4.69, 9.17) is 9.84 Å². The Kier molecular flexibility index (Phi) is 2.58. The van der Waals surface area contributed by atoms with Crippen LogP contribution in [0.5, 0.6) is 5.75 Å². The van der Waals surface area contributed by atoms with Crippen molar-refractivity contribution < 1.29 is 19.0 Å². The van der Waals surface area contributed by atoms with Crippen molar-refractivity contribution in [2.24, 2.45) is 5.41 Å². The summed E-state index contributed by atoms with van der Waals surface area (Å²) in [6.07, 6.45) is 1.65. The van der Waals surface area contributed by atoms with Gasteiger partial charge in [-0.1, -0.05) is 0 Å². The Bertz CT molecular complexity index is 424. The number of methoxy groups -OCH3 is 1. The molecular weight excluding hydrogens is 211 g/mol. The minimum Gasteiger partial charge on any atom is -0.496 e. The van der Waals surface area contributed by atoms with Crippen LogP contribution in [0.4, 0.5) is 4.39 Å². The predicted molar refractivity (Wildman–Crippen MR) is 56.0 cm³/mol. The van der Waals surface area contributed by atoms with Gasteiger partial charge < -0.3 is 9.84 Å². The van der Waals surface area contributed by atoms with E-state index in [0.29, 0.717) is 30.6 Å². The average Bonchev–Trinajstić information content (AvgIpc) is 2.99. The van der Waals surface area contributed by atoms with E-state index in [2.05, 4.69) is 0 Å². The summed E-state index contributed by atoms with van der Waals surface area (Å²) in [5, 5.41) is 9.06. The molecule has 0 radical (unpaired) electrons. The third kappa shape index (κ3) is 1.87. The summed E-state index contributed by atoms with van der Waals surface area (Å²) >= 11 is 0. The number of halogens is 1. The van der Waals surface area contributed by atoms with Crippen molar-refractivity contribution in [3.8, 4) is 5.75 Å². The van der Waals surface area contributed by atoms with Crippen LogP contribution in [0.1, 0.15) is 18.4 Å². The molecule has 1 aliphatic rings. The molecule has 1 aliphatic carbocycles. The van der Waals surface area contributed by atoms with Crippen molar-refractivity contribution in [2.45, 2.75) is 19.3 Å². The molecule has 1 fully saturated rings. The first-order valence-electron chi connectivity index (χ1n) is 5.13. The summed E-state index contributed by atoms with van der Waals surface area (Å²) in [7, 11) is 1.50. The van der Waals surface area contributed by atoms with E-state index in [0.717, 1.165) is 0 Å². The average molecular weight is 224 g/mol. The second-order valence-electron chi connectivity index (χ2n) is 4.22. The maximum atomic E-state index is 13.1. The van der Waals surface area contributed by atoms with Gasteiger partial charge in [-0.15, -0.1) is 0 Å². The number of hydrogen-bond donors (Lipinski definition) is 1. The largest absolute Gasteiger partial charge is 0.496 e. The number of carboxylic acid groups (broad SMARTS) is 1. The number of aliphatic carboxylic acids is 1. The molecule has 4 heteroatoms. The molecule has 0 aliphatic heterocycles. The molecule has 0 saturated heterocycles. The van der Waals surface area contributed by atoms with Crippen molar-refractivity contribution in [1.29, 1.82) is 0 Å². The topological polar surface area (TPSA) is 46.5 Å². The van der Waals surface area contributed by atoms with Gasteiger partial charge in [-0.2, -0.15) is 0 Å². The van der Waals surface area contributed by atoms with Crippen LogP contribution in [0.2, 0.25) is 0 Å². The molecule has 0 atom stereocenters. The van der Waals surface area contributed by atoms with Crippen LogP contribution in [0, 0.1) is 11.2 Å². The van der Waals surface area contributed by atoms with Crippen molar-refractivity contribution in [3.05, 3.63) is 29.6 Å². The highest BCUT2D eigenvalue weighted by atomic mass is 19.1. The monoisotopic (exact) mass is 224 g/mol. The fourth-order valence-corrected chi connectivity index (χ4v) is 1.87. The molecule has 3 nitrogen and oxygen atoms in total. The van der Waals surface area contributed by atoms with E-state index in [9.17, 15) is 9.18 Å². The van der Waals surface area contributed by atoms with Gasteiger partial charge in [0.05, 0.1) is 12.5 Å². The van der Waals surface area contributed by atoms with Gasteiger partial charge in [0.1, 0.15) is 11.6 Å². The van der Waals surface area contributed by atoms with Gasteiger partial charge >= 0.3 is 5.97 Å². The van der Waals surface area contributed by atoms with Crippen LogP contribution in [-0.2, 0) is 11.2 Å². The van der Waals surface area contributed by atoms with Crippen molar-refractivity contribution in [2.75, 3.05) is 7.11 Å². The molecule has 1 N–H and O–H groups in total. The summed E-state index contributed by atoms with van der Waals surface area (Å²) in [6.45, 7) is 0. The number of hydrogen-bond acceptors (Lipinski definition) is 2. The lowest BCUT2D eigenvalue weighted by atomic mass is 9.96. The second-order valence-corrected chi connectivity index (χ2v) is 4.22. The molecule has 86 valence electrons. The smallest absolute Gasteiger partial charge is 0.309 e. The van der Waals surface area contributed by atoms with Crippen LogP contribution in [0.25, 0.3) is 0 Å². The SMILES string of the molecule is COc1ccc(F)cc1CC1(C(=O)O)CC1. The molecule has 1 saturated carbocycles. The zero-order valence-corrected chi connectivity index (χ0v) is 9.00. The predicted octanol–water partition coefficient (Wildman–Crippen LogP) is 2.24. The number of carboxylic acids is 1. The van der Waals surface area contributed by atoms with E-state index in [-0.39, 0.29) is 5.82 Å². The van der Waals surface area contributed by atoms with E-state index >= 15 is 0 Å². The maximum Gasteiger partial charge on any atom is 0.309 e. The fraction of sp³-hybridized carbons (Fsp3) is 0.417. The van der Waals surface area contributed by atoms with Gasteiger partial charge in [0.2, 0.25) is 0 Å². The lowest BCUT2D eigenvalue weighted by Crippen LogP contribution is -2.18. The number of rotatable bonds is 4. The van der Waals surface area contributed by atoms with Crippen LogP contribution in [0.3, 0.4) is 0 Å². The minimum absolute atomic E-state index is 0.337. The van der Waals surface area contributed by atoms with Gasteiger partial charge in [-0.05, 0) is 43.0 Å². The second kappa shape index (κ2) is 3.77. The lowest BCUT2D eigenvalue weighted by molar-refractivity contribution is -0.143. The Hall–Kier alpha value is -1.58. The molecule has 0 bridgehead atoms. The quantitative estimate of drug-likeness (QED) is 0.853. The Morgan fingerprint density at radius 1 is 1.56 bits per heavy atom. The summed E-state index contributed by atoms with van der Waals surface area (Å²) in [5.41, 5.74) is -0.0662.